The second-order valence-corrected chi connectivity index (χ2v) is 6.53. The van der Waals surface area contributed by atoms with Gasteiger partial charge in [-0.2, -0.15) is 13.2 Å². The summed E-state index contributed by atoms with van der Waals surface area (Å²) in [7, 11) is 0. The minimum atomic E-state index is -4.41. The van der Waals surface area contributed by atoms with Crippen molar-refractivity contribution >= 4 is 5.91 Å². The number of alkyl halides is 3. The molecule has 1 heterocycles. The molecule has 1 aliphatic heterocycles. The molecule has 0 atom stereocenters. The first kappa shape index (κ1) is 18.5. The molecule has 0 unspecified atom stereocenters. The number of benzene rings is 2. The molecular weight excluding hydrogens is 341 g/mol. The van der Waals surface area contributed by atoms with Gasteiger partial charge in [0.05, 0.1) is 5.56 Å². The van der Waals surface area contributed by atoms with Crippen molar-refractivity contribution in [3.05, 3.63) is 59.7 Å². The Kier molecular flexibility index (Phi) is 5.61. The molecule has 0 spiro atoms. The summed E-state index contributed by atoms with van der Waals surface area (Å²) >= 11 is 0. The van der Waals surface area contributed by atoms with Crippen LogP contribution in [0, 0.1) is 5.92 Å². The van der Waals surface area contributed by atoms with E-state index < -0.39 is 11.7 Å². The molecule has 1 amide bonds. The summed E-state index contributed by atoms with van der Waals surface area (Å²) in [6.45, 7) is 2.47. The van der Waals surface area contributed by atoms with E-state index in [4.69, 9.17) is 0 Å². The molecule has 2 aromatic carbocycles. The minimum Gasteiger partial charge on any atom is -0.352 e. The van der Waals surface area contributed by atoms with E-state index in [1.165, 1.54) is 6.07 Å². The van der Waals surface area contributed by atoms with Crippen molar-refractivity contribution in [2.45, 2.75) is 19.0 Å². The van der Waals surface area contributed by atoms with E-state index in [-0.39, 0.29) is 5.91 Å². The maximum absolute atomic E-state index is 13.0. The fraction of sp³-hybridized carbons (Fsp3) is 0.350. The SMILES string of the molecule is O=C(NCC1CCNCC1)c1ccccc1-c1cccc(C(F)(F)F)c1. The normalized spacial score (nSPS) is 15.7. The quantitative estimate of drug-likeness (QED) is 0.860. The highest BCUT2D eigenvalue weighted by Gasteiger charge is 2.30. The van der Waals surface area contributed by atoms with Gasteiger partial charge >= 0.3 is 6.18 Å². The molecule has 2 aromatic rings. The van der Waals surface area contributed by atoms with Crippen LogP contribution in [0.3, 0.4) is 0 Å². The highest BCUT2D eigenvalue weighted by atomic mass is 19.4. The summed E-state index contributed by atoms with van der Waals surface area (Å²) in [4.78, 5) is 12.6. The molecule has 0 aromatic heterocycles. The lowest BCUT2D eigenvalue weighted by molar-refractivity contribution is -0.137. The topological polar surface area (TPSA) is 41.1 Å². The van der Waals surface area contributed by atoms with Crippen LogP contribution in [0.25, 0.3) is 11.1 Å². The Hall–Kier alpha value is -2.34. The van der Waals surface area contributed by atoms with E-state index in [0.29, 0.717) is 29.2 Å². The molecule has 6 heteroatoms. The molecule has 138 valence electrons. The fourth-order valence-electron chi connectivity index (χ4n) is 3.21. The van der Waals surface area contributed by atoms with Gasteiger partial charge in [0.15, 0.2) is 0 Å². The average Bonchev–Trinajstić information content (AvgIpc) is 2.66. The lowest BCUT2D eigenvalue weighted by Crippen LogP contribution is -2.36. The van der Waals surface area contributed by atoms with E-state index >= 15 is 0 Å². The van der Waals surface area contributed by atoms with Gasteiger partial charge in [-0.25, -0.2) is 0 Å². The highest BCUT2D eigenvalue weighted by Crippen LogP contribution is 2.33. The highest BCUT2D eigenvalue weighted by molar-refractivity contribution is 6.00. The van der Waals surface area contributed by atoms with Crippen LogP contribution >= 0.6 is 0 Å². The number of hydrogen-bond acceptors (Lipinski definition) is 2. The summed E-state index contributed by atoms with van der Waals surface area (Å²) in [5.74, 6) is 0.178. The number of amides is 1. The van der Waals surface area contributed by atoms with Gasteiger partial charge in [-0.15, -0.1) is 0 Å². The van der Waals surface area contributed by atoms with Crippen molar-refractivity contribution in [3.8, 4) is 11.1 Å². The van der Waals surface area contributed by atoms with Crippen LogP contribution in [-0.4, -0.2) is 25.5 Å². The van der Waals surface area contributed by atoms with Crippen LogP contribution in [0.4, 0.5) is 13.2 Å². The third-order valence-corrected chi connectivity index (χ3v) is 4.68. The number of carbonyl (C=O) groups excluding carboxylic acids is 1. The van der Waals surface area contributed by atoms with Crippen molar-refractivity contribution in [1.29, 1.82) is 0 Å². The fourth-order valence-corrected chi connectivity index (χ4v) is 3.21. The number of hydrogen-bond donors (Lipinski definition) is 2. The third kappa shape index (κ3) is 4.43. The molecular formula is C20H21F3N2O. The first-order valence-electron chi connectivity index (χ1n) is 8.71. The summed E-state index contributed by atoms with van der Waals surface area (Å²) in [6, 6.07) is 11.8. The van der Waals surface area contributed by atoms with Gasteiger partial charge < -0.3 is 10.6 Å². The van der Waals surface area contributed by atoms with Gasteiger partial charge in [0.2, 0.25) is 0 Å². The van der Waals surface area contributed by atoms with Crippen molar-refractivity contribution in [3.63, 3.8) is 0 Å². The Morgan fingerprint density at radius 2 is 1.81 bits per heavy atom. The van der Waals surface area contributed by atoms with Crippen LogP contribution in [0.15, 0.2) is 48.5 Å². The van der Waals surface area contributed by atoms with Gasteiger partial charge in [-0.3, -0.25) is 4.79 Å². The first-order valence-corrected chi connectivity index (χ1v) is 8.71. The largest absolute Gasteiger partial charge is 0.416 e. The second-order valence-electron chi connectivity index (χ2n) is 6.53. The molecule has 3 rings (SSSR count). The first-order chi connectivity index (χ1) is 12.4. The Morgan fingerprint density at radius 3 is 2.54 bits per heavy atom. The molecule has 3 nitrogen and oxygen atoms in total. The zero-order valence-electron chi connectivity index (χ0n) is 14.3. The lowest BCUT2D eigenvalue weighted by Gasteiger charge is -2.23. The Labute approximate surface area is 150 Å². The number of rotatable bonds is 4. The molecule has 0 radical (unpaired) electrons. The standard InChI is InChI=1S/C20H21F3N2O/c21-20(22,23)16-5-3-4-15(12-16)17-6-1-2-7-18(17)19(26)25-13-14-8-10-24-11-9-14/h1-7,12,14,24H,8-11,13H2,(H,25,26). The van der Waals surface area contributed by atoms with Crippen molar-refractivity contribution < 1.29 is 18.0 Å². The molecule has 0 bridgehead atoms. The maximum atomic E-state index is 13.0. The lowest BCUT2D eigenvalue weighted by atomic mass is 9.96. The summed E-state index contributed by atoms with van der Waals surface area (Å²) in [6.07, 6.45) is -2.40. The van der Waals surface area contributed by atoms with Gasteiger partial charge in [0.1, 0.15) is 0 Å². The van der Waals surface area contributed by atoms with Gasteiger partial charge in [0.25, 0.3) is 5.91 Å². The smallest absolute Gasteiger partial charge is 0.352 e. The number of carbonyl (C=O) groups is 1. The van der Waals surface area contributed by atoms with Crippen LogP contribution in [0.1, 0.15) is 28.8 Å². The van der Waals surface area contributed by atoms with E-state index in [0.717, 1.165) is 38.1 Å². The molecule has 2 N–H and O–H groups in total. The average molecular weight is 362 g/mol. The zero-order chi connectivity index (χ0) is 18.6. The second kappa shape index (κ2) is 7.91. The predicted molar refractivity (Wildman–Crippen MR) is 94.8 cm³/mol. The predicted octanol–water partition coefficient (Wildman–Crippen LogP) is 4.10. The molecule has 1 saturated heterocycles. The minimum absolute atomic E-state index is 0.253. The molecule has 0 saturated carbocycles. The van der Waals surface area contributed by atoms with Crippen molar-refractivity contribution in [2.24, 2.45) is 5.92 Å². The maximum Gasteiger partial charge on any atom is 0.416 e. The van der Waals surface area contributed by atoms with Crippen LogP contribution in [0.2, 0.25) is 0 Å². The van der Waals surface area contributed by atoms with Gasteiger partial charge in [0, 0.05) is 12.1 Å². The Bertz CT molecular complexity index is 768. The van der Waals surface area contributed by atoms with Crippen LogP contribution in [-0.2, 0) is 6.18 Å². The van der Waals surface area contributed by atoms with Crippen LogP contribution in [0.5, 0.6) is 0 Å². The Morgan fingerprint density at radius 1 is 1.08 bits per heavy atom. The summed E-state index contributed by atoms with van der Waals surface area (Å²) < 4.78 is 39.0. The van der Waals surface area contributed by atoms with E-state index in [1.54, 1.807) is 30.3 Å². The molecule has 1 aliphatic rings. The van der Waals surface area contributed by atoms with Crippen molar-refractivity contribution in [1.82, 2.24) is 10.6 Å². The van der Waals surface area contributed by atoms with Gasteiger partial charge in [-0.1, -0.05) is 30.3 Å². The van der Waals surface area contributed by atoms with E-state index in [1.807, 2.05) is 0 Å². The molecule has 1 fully saturated rings. The molecule has 26 heavy (non-hydrogen) atoms. The number of halogens is 3. The Balaban J connectivity index is 1.80. The number of nitrogens with one attached hydrogen (secondary N) is 2. The monoisotopic (exact) mass is 362 g/mol. The number of piperidine rings is 1. The van der Waals surface area contributed by atoms with E-state index in [9.17, 15) is 18.0 Å². The summed E-state index contributed by atoms with van der Waals surface area (Å²) in [5.41, 5.74) is 0.550. The third-order valence-electron chi connectivity index (χ3n) is 4.68. The zero-order valence-corrected chi connectivity index (χ0v) is 14.3. The summed E-state index contributed by atoms with van der Waals surface area (Å²) in [5, 5.41) is 6.21. The van der Waals surface area contributed by atoms with Crippen LogP contribution < -0.4 is 10.6 Å². The van der Waals surface area contributed by atoms with E-state index in [2.05, 4.69) is 10.6 Å². The molecule has 0 aliphatic carbocycles. The van der Waals surface area contributed by atoms with Gasteiger partial charge in [-0.05, 0) is 61.2 Å². The van der Waals surface area contributed by atoms with Crippen molar-refractivity contribution in [2.75, 3.05) is 19.6 Å².